The van der Waals surface area contributed by atoms with Gasteiger partial charge in [0.25, 0.3) is 0 Å². The molecule has 0 aliphatic heterocycles. The number of anilines is 1. The second-order valence-corrected chi connectivity index (χ2v) is 3.84. The topological polar surface area (TPSA) is 64.5 Å². The van der Waals surface area contributed by atoms with Gasteiger partial charge < -0.3 is 10.3 Å². The minimum absolute atomic E-state index is 0.414. The molecule has 0 spiro atoms. The number of aromatic amines is 1. The summed E-state index contributed by atoms with van der Waals surface area (Å²) in [5.41, 5.74) is 2.08. The van der Waals surface area contributed by atoms with Crippen molar-refractivity contribution in [3.05, 3.63) is 23.0 Å². The number of hydrogen-bond acceptors (Lipinski definition) is 3. The van der Waals surface area contributed by atoms with Gasteiger partial charge in [-0.3, -0.25) is 0 Å². The zero-order chi connectivity index (χ0) is 11.5. The largest absolute Gasteiger partial charge is 0.384 e. The lowest BCUT2D eigenvalue weighted by molar-refractivity contribution is 0.981. The zero-order valence-electron chi connectivity index (χ0n) is 8.84. The maximum absolute atomic E-state index is 8.99. The van der Waals surface area contributed by atoms with E-state index in [1.54, 1.807) is 12.3 Å². The molecule has 0 fully saturated rings. The maximum Gasteiger partial charge on any atom is 0.142 e. The van der Waals surface area contributed by atoms with E-state index in [0.29, 0.717) is 16.4 Å². The highest BCUT2D eigenvalue weighted by molar-refractivity contribution is 6.30. The van der Waals surface area contributed by atoms with E-state index in [0.717, 1.165) is 24.0 Å². The van der Waals surface area contributed by atoms with Gasteiger partial charge in [0.2, 0.25) is 0 Å². The van der Waals surface area contributed by atoms with Crippen LogP contribution in [-0.4, -0.2) is 16.5 Å². The average molecular weight is 235 g/mol. The van der Waals surface area contributed by atoms with E-state index in [4.69, 9.17) is 16.9 Å². The van der Waals surface area contributed by atoms with E-state index in [1.165, 1.54) is 0 Å². The minimum atomic E-state index is 0.414. The summed E-state index contributed by atoms with van der Waals surface area (Å²) in [4.78, 5) is 7.07. The van der Waals surface area contributed by atoms with E-state index in [1.807, 2.05) is 0 Å². The standard InChI is InChI=1S/C11H11ClN4/c1-2-3-14-8-4-9(12)16-11-10(8)7(5-13)6-15-11/h4,6H,2-3H2,1H3,(H2,14,15,16). The molecule has 82 valence electrons. The Bertz CT molecular complexity index is 553. The predicted molar refractivity (Wildman–Crippen MR) is 64.6 cm³/mol. The van der Waals surface area contributed by atoms with Crippen LogP contribution in [0.1, 0.15) is 18.9 Å². The Morgan fingerprint density at radius 3 is 3.12 bits per heavy atom. The predicted octanol–water partition coefficient (Wildman–Crippen LogP) is 2.91. The van der Waals surface area contributed by atoms with Gasteiger partial charge in [-0.2, -0.15) is 5.26 Å². The Hall–Kier alpha value is -1.73. The van der Waals surface area contributed by atoms with Crippen molar-refractivity contribution in [3.8, 4) is 6.07 Å². The summed E-state index contributed by atoms with van der Waals surface area (Å²) in [5, 5.41) is 13.4. The maximum atomic E-state index is 8.99. The third kappa shape index (κ3) is 1.82. The highest BCUT2D eigenvalue weighted by Gasteiger charge is 2.10. The van der Waals surface area contributed by atoms with Gasteiger partial charge in [-0.15, -0.1) is 0 Å². The van der Waals surface area contributed by atoms with E-state index in [2.05, 4.69) is 28.3 Å². The van der Waals surface area contributed by atoms with Gasteiger partial charge in [-0.05, 0) is 12.5 Å². The Balaban J connectivity index is 2.59. The molecule has 0 aromatic carbocycles. The number of hydrogen-bond donors (Lipinski definition) is 2. The lowest BCUT2D eigenvalue weighted by atomic mass is 10.2. The summed E-state index contributed by atoms with van der Waals surface area (Å²) in [6, 6.07) is 3.88. The molecular formula is C11H11ClN4. The quantitative estimate of drug-likeness (QED) is 0.803. The number of nitrogens with one attached hydrogen (secondary N) is 2. The van der Waals surface area contributed by atoms with E-state index < -0.39 is 0 Å². The lowest BCUT2D eigenvalue weighted by Crippen LogP contribution is -2.00. The summed E-state index contributed by atoms with van der Waals surface area (Å²) >= 11 is 5.90. The number of halogens is 1. The van der Waals surface area contributed by atoms with Crippen molar-refractivity contribution in [2.24, 2.45) is 0 Å². The number of rotatable bonds is 3. The van der Waals surface area contributed by atoms with Crippen molar-refractivity contribution in [2.75, 3.05) is 11.9 Å². The van der Waals surface area contributed by atoms with Crippen molar-refractivity contribution in [1.29, 1.82) is 5.26 Å². The number of H-pyrrole nitrogens is 1. The molecule has 2 aromatic rings. The monoisotopic (exact) mass is 234 g/mol. The highest BCUT2D eigenvalue weighted by atomic mass is 35.5. The van der Waals surface area contributed by atoms with Crippen LogP contribution >= 0.6 is 11.6 Å². The van der Waals surface area contributed by atoms with Crippen LogP contribution in [0.2, 0.25) is 5.15 Å². The fraction of sp³-hybridized carbons (Fsp3) is 0.273. The van der Waals surface area contributed by atoms with Crippen LogP contribution in [0.15, 0.2) is 12.3 Å². The second kappa shape index (κ2) is 4.42. The molecule has 5 heteroatoms. The summed E-state index contributed by atoms with van der Waals surface area (Å²) < 4.78 is 0. The third-order valence-electron chi connectivity index (χ3n) is 2.30. The molecule has 0 saturated carbocycles. The molecular weight excluding hydrogens is 224 g/mol. The molecule has 0 saturated heterocycles. The van der Waals surface area contributed by atoms with Crippen molar-refractivity contribution in [2.45, 2.75) is 13.3 Å². The van der Waals surface area contributed by atoms with E-state index in [-0.39, 0.29) is 0 Å². The van der Waals surface area contributed by atoms with Gasteiger partial charge in [-0.1, -0.05) is 18.5 Å². The van der Waals surface area contributed by atoms with Gasteiger partial charge in [0, 0.05) is 18.4 Å². The Labute approximate surface area is 98.2 Å². The molecule has 0 amide bonds. The Kier molecular flexibility index (Phi) is 2.97. The third-order valence-corrected chi connectivity index (χ3v) is 2.49. The van der Waals surface area contributed by atoms with Gasteiger partial charge >= 0.3 is 0 Å². The minimum Gasteiger partial charge on any atom is -0.384 e. The first-order chi connectivity index (χ1) is 7.76. The molecule has 2 aromatic heterocycles. The van der Waals surface area contributed by atoms with Crippen LogP contribution in [0.4, 0.5) is 5.69 Å². The molecule has 2 rings (SSSR count). The van der Waals surface area contributed by atoms with Crippen LogP contribution in [-0.2, 0) is 0 Å². The van der Waals surface area contributed by atoms with E-state index >= 15 is 0 Å². The number of pyridine rings is 1. The van der Waals surface area contributed by atoms with Crippen LogP contribution in [0.5, 0.6) is 0 Å². The van der Waals surface area contributed by atoms with Crippen LogP contribution in [0, 0.1) is 11.3 Å². The fourth-order valence-electron chi connectivity index (χ4n) is 1.59. The second-order valence-electron chi connectivity index (χ2n) is 3.46. The first-order valence-corrected chi connectivity index (χ1v) is 5.45. The van der Waals surface area contributed by atoms with Gasteiger partial charge in [0.15, 0.2) is 0 Å². The first kappa shape index (κ1) is 10.8. The smallest absolute Gasteiger partial charge is 0.142 e. The van der Waals surface area contributed by atoms with Crippen molar-refractivity contribution in [1.82, 2.24) is 9.97 Å². The first-order valence-electron chi connectivity index (χ1n) is 5.08. The molecule has 0 bridgehead atoms. The number of fused-ring (bicyclic) bond motifs is 1. The zero-order valence-corrected chi connectivity index (χ0v) is 9.60. The molecule has 0 aliphatic carbocycles. The lowest BCUT2D eigenvalue weighted by Gasteiger charge is -2.06. The van der Waals surface area contributed by atoms with Crippen molar-refractivity contribution < 1.29 is 0 Å². The normalized spacial score (nSPS) is 10.3. The number of nitrogens with zero attached hydrogens (tertiary/aromatic N) is 2. The molecule has 0 unspecified atom stereocenters. The highest BCUT2D eigenvalue weighted by Crippen LogP contribution is 2.27. The average Bonchev–Trinajstić information content (AvgIpc) is 2.68. The van der Waals surface area contributed by atoms with Crippen LogP contribution in [0.3, 0.4) is 0 Å². The van der Waals surface area contributed by atoms with E-state index in [9.17, 15) is 0 Å². The summed E-state index contributed by atoms with van der Waals surface area (Å²) in [7, 11) is 0. The molecule has 4 nitrogen and oxygen atoms in total. The molecule has 0 aliphatic rings. The molecule has 2 heterocycles. The summed E-state index contributed by atoms with van der Waals surface area (Å²) in [6.45, 7) is 2.92. The van der Waals surface area contributed by atoms with Crippen LogP contribution in [0.25, 0.3) is 11.0 Å². The van der Waals surface area contributed by atoms with Crippen molar-refractivity contribution in [3.63, 3.8) is 0 Å². The SMILES string of the molecule is CCCNc1cc(Cl)nc2[nH]cc(C#N)c12. The molecule has 0 atom stereocenters. The summed E-state index contributed by atoms with van der Waals surface area (Å²) in [6.07, 6.45) is 2.65. The molecule has 2 N–H and O–H groups in total. The fourth-order valence-corrected chi connectivity index (χ4v) is 1.78. The Morgan fingerprint density at radius 2 is 2.44 bits per heavy atom. The van der Waals surface area contributed by atoms with Crippen molar-refractivity contribution >= 4 is 28.3 Å². The molecule has 0 radical (unpaired) electrons. The summed E-state index contributed by atoms with van der Waals surface area (Å²) in [5.74, 6) is 0. The number of aromatic nitrogens is 2. The Morgan fingerprint density at radius 1 is 1.62 bits per heavy atom. The van der Waals surface area contributed by atoms with Gasteiger partial charge in [-0.25, -0.2) is 4.98 Å². The molecule has 16 heavy (non-hydrogen) atoms. The van der Waals surface area contributed by atoms with Gasteiger partial charge in [0.1, 0.15) is 16.9 Å². The number of nitriles is 1. The van der Waals surface area contributed by atoms with Crippen LogP contribution < -0.4 is 5.32 Å². The van der Waals surface area contributed by atoms with Gasteiger partial charge in [0.05, 0.1) is 10.9 Å².